The lowest BCUT2D eigenvalue weighted by Crippen LogP contribution is -2.16. The lowest BCUT2D eigenvalue weighted by molar-refractivity contribution is -0.384. The Morgan fingerprint density at radius 3 is 2.76 bits per heavy atom. The number of benzene rings is 2. The summed E-state index contributed by atoms with van der Waals surface area (Å²) in [5.74, 6) is -0.312. The smallest absolute Gasteiger partial charge is 0.280 e. The van der Waals surface area contributed by atoms with Gasteiger partial charge < -0.3 is 4.57 Å². The number of carbonyl (C=O) groups excluding carboxylic acids is 1. The van der Waals surface area contributed by atoms with E-state index in [0.29, 0.717) is 16.9 Å². The molecule has 3 aromatic rings. The number of aryl methyl sites for hydroxylation is 1. The molecule has 0 spiro atoms. The summed E-state index contributed by atoms with van der Waals surface area (Å²) in [4.78, 5) is 28.8. The molecule has 0 radical (unpaired) electrons. The van der Waals surface area contributed by atoms with E-state index in [1.807, 2.05) is 35.9 Å². The van der Waals surface area contributed by atoms with Gasteiger partial charge in [0.15, 0.2) is 4.80 Å². The zero-order valence-electron chi connectivity index (χ0n) is 13.6. The molecule has 25 heavy (non-hydrogen) atoms. The third-order valence-electron chi connectivity index (χ3n) is 3.73. The molecule has 1 heterocycles. The number of nitrogens with zero attached hydrogens (tertiary/aromatic N) is 3. The van der Waals surface area contributed by atoms with Crippen molar-refractivity contribution in [2.75, 3.05) is 6.26 Å². The van der Waals surface area contributed by atoms with Crippen molar-refractivity contribution in [2.45, 2.75) is 18.4 Å². The third kappa shape index (κ3) is 3.35. The molecule has 1 aromatic heterocycles. The van der Waals surface area contributed by atoms with Gasteiger partial charge in [0, 0.05) is 23.6 Å². The highest BCUT2D eigenvalue weighted by Crippen LogP contribution is 2.24. The largest absolute Gasteiger partial charge is 0.317 e. The van der Waals surface area contributed by atoms with E-state index >= 15 is 0 Å². The molecule has 3 rings (SSSR count). The summed E-state index contributed by atoms with van der Waals surface area (Å²) in [7, 11) is 0. The number of hydrogen-bond acceptors (Lipinski definition) is 5. The first-order chi connectivity index (χ1) is 12.0. The molecule has 0 aliphatic carbocycles. The van der Waals surface area contributed by atoms with Crippen LogP contribution in [0, 0.1) is 10.1 Å². The average Bonchev–Trinajstić information content (AvgIpc) is 2.97. The predicted octanol–water partition coefficient (Wildman–Crippen LogP) is 4.09. The summed E-state index contributed by atoms with van der Waals surface area (Å²) in [6, 6.07) is 12.0. The predicted molar refractivity (Wildman–Crippen MR) is 100 cm³/mol. The van der Waals surface area contributed by atoms with Crippen molar-refractivity contribution in [1.29, 1.82) is 0 Å². The fraction of sp³-hybridized carbons (Fsp3) is 0.176. The van der Waals surface area contributed by atoms with E-state index in [4.69, 9.17) is 0 Å². The Labute approximate surface area is 152 Å². The molecule has 0 saturated heterocycles. The van der Waals surface area contributed by atoms with Crippen molar-refractivity contribution in [3.63, 3.8) is 0 Å². The second-order valence-corrected chi connectivity index (χ2v) is 7.01. The Morgan fingerprint density at radius 1 is 1.32 bits per heavy atom. The van der Waals surface area contributed by atoms with E-state index in [2.05, 4.69) is 4.99 Å². The van der Waals surface area contributed by atoms with Crippen LogP contribution in [0.4, 0.5) is 5.69 Å². The maximum absolute atomic E-state index is 12.6. The van der Waals surface area contributed by atoms with E-state index in [1.54, 1.807) is 12.1 Å². The summed E-state index contributed by atoms with van der Waals surface area (Å²) < 4.78 is 2.63. The molecule has 0 fully saturated rings. The maximum atomic E-state index is 12.6. The summed E-state index contributed by atoms with van der Waals surface area (Å²) in [6.45, 7) is 2.57. The van der Waals surface area contributed by atoms with Crippen LogP contribution in [0.25, 0.3) is 10.2 Å². The van der Waals surface area contributed by atoms with Crippen molar-refractivity contribution in [3.8, 4) is 0 Å². The summed E-state index contributed by atoms with van der Waals surface area (Å²) in [5.41, 5.74) is 1.42. The fourth-order valence-corrected chi connectivity index (χ4v) is 4.25. The molecular weight excluding hydrogens is 358 g/mol. The molecule has 0 atom stereocenters. The van der Waals surface area contributed by atoms with Crippen molar-refractivity contribution < 1.29 is 9.72 Å². The summed E-state index contributed by atoms with van der Waals surface area (Å²) in [5, 5.41) is 11.0. The normalized spacial score (nSPS) is 11.8. The van der Waals surface area contributed by atoms with Crippen molar-refractivity contribution in [3.05, 3.63) is 62.9 Å². The van der Waals surface area contributed by atoms with Gasteiger partial charge in [-0.15, -0.1) is 11.8 Å². The third-order valence-corrected chi connectivity index (χ3v) is 5.56. The number of non-ortho nitro benzene ring substituents is 1. The zero-order chi connectivity index (χ0) is 18.0. The van der Waals surface area contributed by atoms with Crippen LogP contribution < -0.4 is 4.80 Å². The number of amides is 1. The Bertz CT molecular complexity index is 1040. The van der Waals surface area contributed by atoms with Gasteiger partial charge in [-0.05, 0) is 31.4 Å². The lowest BCUT2D eigenvalue weighted by atomic mass is 10.2. The van der Waals surface area contributed by atoms with E-state index in [-0.39, 0.29) is 11.6 Å². The van der Waals surface area contributed by atoms with Gasteiger partial charge >= 0.3 is 0 Å². The molecule has 0 saturated carbocycles. The molecular formula is C17H15N3O3S2. The second-order valence-electron chi connectivity index (χ2n) is 5.16. The van der Waals surface area contributed by atoms with Gasteiger partial charge in [0.05, 0.1) is 20.7 Å². The monoisotopic (exact) mass is 373 g/mol. The van der Waals surface area contributed by atoms with E-state index < -0.39 is 4.92 Å². The van der Waals surface area contributed by atoms with Crippen LogP contribution in [0.15, 0.2) is 52.4 Å². The van der Waals surface area contributed by atoms with Gasteiger partial charge in [-0.1, -0.05) is 23.5 Å². The van der Waals surface area contributed by atoms with Crippen LogP contribution in [0.1, 0.15) is 17.3 Å². The number of hydrogen-bond donors (Lipinski definition) is 0. The number of carbonyl (C=O) groups is 1. The number of nitro groups is 1. The van der Waals surface area contributed by atoms with Gasteiger partial charge in [0.25, 0.3) is 11.6 Å². The summed E-state index contributed by atoms with van der Waals surface area (Å²) >= 11 is 2.78. The molecule has 0 unspecified atom stereocenters. The van der Waals surface area contributed by atoms with Gasteiger partial charge in [0.1, 0.15) is 0 Å². The van der Waals surface area contributed by atoms with E-state index in [1.165, 1.54) is 35.2 Å². The molecule has 6 nitrogen and oxygen atoms in total. The van der Waals surface area contributed by atoms with Crippen LogP contribution in [-0.4, -0.2) is 21.7 Å². The molecule has 0 bridgehead atoms. The maximum Gasteiger partial charge on any atom is 0.280 e. The molecule has 8 heteroatoms. The minimum Gasteiger partial charge on any atom is -0.317 e. The van der Waals surface area contributed by atoms with Crippen molar-refractivity contribution in [2.24, 2.45) is 4.99 Å². The number of thioether (sulfide) groups is 1. The molecule has 0 aliphatic rings. The molecule has 0 N–H and O–H groups in total. The second kappa shape index (κ2) is 7.20. The van der Waals surface area contributed by atoms with Crippen LogP contribution in [-0.2, 0) is 6.54 Å². The Hall–Kier alpha value is -2.45. The van der Waals surface area contributed by atoms with Crippen LogP contribution in [0.2, 0.25) is 0 Å². The topological polar surface area (TPSA) is 77.5 Å². The van der Waals surface area contributed by atoms with Crippen molar-refractivity contribution >= 4 is 44.9 Å². The number of nitro benzene ring substituents is 1. The van der Waals surface area contributed by atoms with Gasteiger partial charge in [-0.25, -0.2) is 0 Å². The highest BCUT2D eigenvalue weighted by atomic mass is 32.2. The van der Waals surface area contributed by atoms with Gasteiger partial charge in [0.2, 0.25) is 0 Å². The highest BCUT2D eigenvalue weighted by Gasteiger charge is 2.13. The lowest BCUT2D eigenvalue weighted by Gasteiger charge is -2.03. The number of aromatic nitrogens is 1. The first kappa shape index (κ1) is 17.4. The fourth-order valence-electron chi connectivity index (χ4n) is 2.53. The highest BCUT2D eigenvalue weighted by molar-refractivity contribution is 7.98. The van der Waals surface area contributed by atoms with E-state index in [9.17, 15) is 14.9 Å². The standard InChI is InChI=1S/C17H15N3O3S2/c1-3-19-13-9-8-11(20(22)23)10-15(13)25-17(19)18-16(21)12-6-4-5-7-14(12)24-2/h4-10H,3H2,1-2H3. The zero-order valence-corrected chi connectivity index (χ0v) is 15.3. The SMILES string of the molecule is CCn1c(=NC(=O)c2ccccc2SC)sc2cc([N+](=O)[O-])ccc21. The minimum absolute atomic E-state index is 0.0302. The van der Waals surface area contributed by atoms with E-state index in [0.717, 1.165) is 15.1 Å². The molecule has 2 aromatic carbocycles. The van der Waals surface area contributed by atoms with Crippen molar-refractivity contribution in [1.82, 2.24) is 4.57 Å². The Kier molecular flexibility index (Phi) is 5.00. The van der Waals surface area contributed by atoms with Gasteiger partial charge in [-0.2, -0.15) is 4.99 Å². The van der Waals surface area contributed by atoms with Crippen LogP contribution >= 0.6 is 23.1 Å². The number of thiazole rings is 1. The number of rotatable bonds is 4. The summed E-state index contributed by atoms with van der Waals surface area (Å²) in [6.07, 6.45) is 1.91. The minimum atomic E-state index is -0.424. The molecule has 128 valence electrons. The molecule has 1 amide bonds. The van der Waals surface area contributed by atoms with Gasteiger partial charge in [-0.3, -0.25) is 14.9 Å². The Balaban J connectivity index is 2.15. The first-order valence-corrected chi connectivity index (χ1v) is 9.59. The molecule has 0 aliphatic heterocycles. The van der Waals surface area contributed by atoms with Crippen LogP contribution in [0.5, 0.6) is 0 Å². The number of fused-ring (bicyclic) bond motifs is 1. The van der Waals surface area contributed by atoms with Crippen LogP contribution in [0.3, 0.4) is 0 Å². The first-order valence-electron chi connectivity index (χ1n) is 7.55. The Morgan fingerprint density at radius 2 is 2.08 bits per heavy atom. The quantitative estimate of drug-likeness (QED) is 0.392. The average molecular weight is 373 g/mol.